The van der Waals surface area contributed by atoms with Crippen LogP contribution >= 0.6 is 0 Å². The zero-order valence-electron chi connectivity index (χ0n) is 17.7. The largest absolute Gasteiger partial charge is 0.480 e. The number of carboxylic acids is 1. The highest BCUT2D eigenvalue weighted by molar-refractivity contribution is 6.02. The van der Waals surface area contributed by atoms with Crippen molar-refractivity contribution in [1.29, 1.82) is 0 Å². The number of hydrogen-bond acceptors (Lipinski definition) is 6. The molecule has 3 aromatic rings. The number of aliphatic hydroxyl groups is 1. The smallest absolute Gasteiger partial charge is 0.411 e. The highest BCUT2D eigenvalue weighted by Crippen LogP contribution is 2.44. The second-order valence-corrected chi connectivity index (χ2v) is 7.53. The van der Waals surface area contributed by atoms with Crippen molar-refractivity contribution in [3.63, 3.8) is 0 Å². The zero-order chi connectivity index (χ0) is 23.5. The Bertz CT molecular complexity index is 1180. The van der Waals surface area contributed by atoms with Crippen molar-refractivity contribution in [1.82, 2.24) is 15.1 Å². The second-order valence-electron chi connectivity index (χ2n) is 7.53. The van der Waals surface area contributed by atoms with Gasteiger partial charge in [0, 0.05) is 13.0 Å². The summed E-state index contributed by atoms with van der Waals surface area (Å²) in [6, 6.07) is 14.4. The van der Waals surface area contributed by atoms with Crippen molar-refractivity contribution in [2.24, 2.45) is 7.05 Å². The third-order valence-electron chi connectivity index (χ3n) is 5.52. The molecule has 1 aliphatic rings. The number of aliphatic hydroxyl groups excluding tert-OH is 1. The molecule has 1 aromatic heterocycles. The molecule has 0 aliphatic heterocycles. The third kappa shape index (κ3) is 4.28. The lowest BCUT2D eigenvalue weighted by atomic mass is 9.98. The van der Waals surface area contributed by atoms with Crippen LogP contribution in [0.4, 0.5) is 10.5 Å². The fourth-order valence-electron chi connectivity index (χ4n) is 3.95. The van der Waals surface area contributed by atoms with E-state index in [1.165, 1.54) is 17.9 Å². The van der Waals surface area contributed by atoms with Crippen molar-refractivity contribution in [2.75, 3.05) is 18.5 Å². The number of carbonyl (C=O) groups is 3. The molecule has 0 fully saturated rings. The number of amides is 2. The monoisotopic (exact) mass is 450 g/mol. The number of aliphatic carboxylic acids is 1. The Labute approximate surface area is 188 Å². The molecule has 4 rings (SSSR count). The Hall–Kier alpha value is -4.18. The van der Waals surface area contributed by atoms with E-state index in [4.69, 9.17) is 14.9 Å². The maximum absolute atomic E-state index is 12.5. The molecule has 10 heteroatoms. The lowest BCUT2D eigenvalue weighted by molar-refractivity contribution is -0.140. The van der Waals surface area contributed by atoms with Gasteiger partial charge in [0.2, 0.25) is 0 Å². The summed E-state index contributed by atoms with van der Waals surface area (Å²) in [6.45, 7) is -0.693. The van der Waals surface area contributed by atoms with E-state index in [9.17, 15) is 14.4 Å². The number of rotatable bonds is 7. The van der Waals surface area contributed by atoms with E-state index in [2.05, 4.69) is 15.7 Å². The maximum Gasteiger partial charge on any atom is 0.411 e. The maximum atomic E-state index is 12.5. The summed E-state index contributed by atoms with van der Waals surface area (Å²) < 4.78 is 6.66. The van der Waals surface area contributed by atoms with Crippen LogP contribution in [0.1, 0.15) is 27.5 Å². The summed E-state index contributed by atoms with van der Waals surface area (Å²) in [7, 11) is 1.46. The number of hydrogen-bond donors (Lipinski definition) is 4. The minimum atomic E-state index is -1.49. The lowest BCUT2D eigenvalue weighted by Crippen LogP contribution is -2.44. The Kier molecular flexibility index (Phi) is 6.09. The molecule has 0 spiro atoms. The highest BCUT2D eigenvalue weighted by Gasteiger charge is 2.29. The Morgan fingerprint density at radius 3 is 2.27 bits per heavy atom. The van der Waals surface area contributed by atoms with Crippen LogP contribution in [0.15, 0.2) is 54.7 Å². The van der Waals surface area contributed by atoms with E-state index in [0.717, 1.165) is 22.3 Å². The van der Waals surface area contributed by atoms with E-state index >= 15 is 0 Å². The minimum absolute atomic E-state index is 0.0503. The van der Waals surface area contributed by atoms with E-state index in [-0.39, 0.29) is 23.9 Å². The van der Waals surface area contributed by atoms with Crippen LogP contribution in [-0.4, -0.2) is 57.2 Å². The molecule has 2 aromatic carbocycles. The van der Waals surface area contributed by atoms with Crippen LogP contribution in [-0.2, 0) is 16.6 Å². The van der Waals surface area contributed by atoms with Crippen LogP contribution in [0.5, 0.6) is 0 Å². The molecule has 2 amide bonds. The van der Waals surface area contributed by atoms with Crippen molar-refractivity contribution >= 4 is 23.7 Å². The first-order chi connectivity index (χ1) is 15.9. The van der Waals surface area contributed by atoms with Gasteiger partial charge in [0.05, 0.1) is 18.5 Å². The molecule has 0 radical (unpaired) electrons. The van der Waals surface area contributed by atoms with Crippen molar-refractivity contribution in [2.45, 2.75) is 12.0 Å². The molecule has 10 nitrogen and oxygen atoms in total. The van der Waals surface area contributed by atoms with Crippen LogP contribution < -0.4 is 10.6 Å². The summed E-state index contributed by atoms with van der Waals surface area (Å²) in [5.74, 6) is -2.33. The number of carboxylic acid groups (broad SMARTS) is 1. The number of fused-ring (bicyclic) bond motifs is 3. The Morgan fingerprint density at radius 1 is 1.09 bits per heavy atom. The van der Waals surface area contributed by atoms with Gasteiger partial charge in [0.15, 0.2) is 6.04 Å². The molecule has 0 unspecified atom stereocenters. The second kappa shape index (κ2) is 9.13. The number of nitrogens with zero attached hydrogens (tertiary/aromatic N) is 2. The molecule has 1 atom stereocenters. The molecular weight excluding hydrogens is 428 g/mol. The van der Waals surface area contributed by atoms with Crippen LogP contribution in [0, 0.1) is 0 Å². The van der Waals surface area contributed by atoms with Crippen LogP contribution in [0.25, 0.3) is 11.1 Å². The number of carbonyl (C=O) groups excluding carboxylic acids is 2. The fraction of sp³-hybridized carbons (Fsp3) is 0.217. The third-order valence-corrected chi connectivity index (χ3v) is 5.52. The summed E-state index contributed by atoms with van der Waals surface area (Å²) in [5.41, 5.74) is 4.31. The van der Waals surface area contributed by atoms with Gasteiger partial charge >= 0.3 is 12.1 Å². The first-order valence-corrected chi connectivity index (χ1v) is 10.2. The van der Waals surface area contributed by atoms with Gasteiger partial charge in [-0.05, 0) is 22.3 Å². The van der Waals surface area contributed by atoms with Gasteiger partial charge < -0.3 is 20.3 Å². The number of anilines is 1. The standard InChI is InChI=1S/C23H22N4O6/c1-27-20(21(29)25-19(11-28)22(30)31)18(10-24-27)26-23(32)33-12-17-15-8-4-2-6-13(15)14-7-3-5-9-16(14)17/h2-10,17,19,28H,11-12H2,1H3,(H,25,29)(H,26,32)(H,30,31)/t19-/m0/s1. The topological polar surface area (TPSA) is 143 Å². The van der Waals surface area contributed by atoms with E-state index in [0.29, 0.717) is 0 Å². The summed E-state index contributed by atoms with van der Waals surface area (Å²) in [4.78, 5) is 36.1. The molecule has 170 valence electrons. The average molecular weight is 450 g/mol. The van der Waals surface area contributed by atoms with E-state index in [1.807, 2.05) is 48.5 Å². The van der Waals surface area contributed by atoms with Gasteiger partial charge in [-0.1, -0.05) is 48.5 Å². The number of nitrogens with one attached hydrogen (secondary N) is 2. The number of aryl methyl sites for hydroxylation is 1. The molecule has 33 heavy (non-hydrogen) atoms. The highest BCUT2D eigenvalue weighted by atomic mass is 16.5. The normalized spacial score (nSPS) is 13.0. The van der Waals surface area contributed by atoms with Gasteiger partial charge in [0.1, 0.15) is 12.3 Å². The molecule has 0 bridgehead atoms. The number of benzene rings is 2. The Balaban J connectivity index is 1.46. The molecule has 1 aliphatic carbocycles. The predicted molar refractivity (Wildman–Crippen MR) is 118 cm³/mol. The van der Waals surface area contributed by atoms with Crippen LogP contribution in [0.2, 0.25) is 0 Å². The van der Waals surface area contributed by atoms with Crippen molar-refractivity contribution in [3.8, 4) is 11.1 Å². The fourth-order valence-corrected chi connectivity index (χ4v) is 3.95. The SMILES string of the molecule is Cn1ncc(NC(=O)OCC2c3ccccc3-c3ccccc32)c1C(=O)N[C@@H](CO)C(=O)O. The van der Waals surface area contributed by atoms with Gasteiger partial charge in [-0.15, -0.1) is 0 Å². The number of aromatic nitrogens is 2. The lowest BCUT2D eigenvalue weighted by Gasteiger charge is -2.15. The Morgan fingerprint density at radius 2 is 1.70 bits per heavy atom. The van der Waals surface area contributed by atoms with Crippen LogP contribution in [0.3, 0.4) is 0 Å². The predicted octanol–water partition coefficient (Wildman–Crippen LogP) is 1.96. The first-order valence-electron chi connectivity index (χ1n) is 10.2. The minimum Gasteiger partial charge on any atom is -0.480 e. The van der Waals surface area contributed by atoms with Gasteiger partial charge in [-0.25, -0.2) is 9.59 Å². The van der Waals surface area contributed by atoms with Crippen molar-refractivity contribution in [3.05, 3.63) is 71.5 Å². The molecule has 0 saturated heterocycles. The summed E-state index contributed by atoms with van der Waals surface area (Å²) >= 11 is 0. The van der Waals surface area contributed by atoms with Gasteiger partial charge in [-0.2, -0.15) is 5.10 Å². The molecule has 4 N–H and O–H groups in total. The molecule has 0 saturated carbocycles. The average Bonchev–Trinajstić information content (AvgIpc) is 3.33. The van der Waals surface area contributed by atoms with E-state index < -0.39 is 30.6 Å². The molecule has 1 heterocycles. The van der Waals surface area contributed by atoms with Gasteiger partial charge in [0.25, 0.3) is 5.91 Å². The van der Waals surface area contributed by atoms with Crippen molar-refractivity contribution < 1.29 is 29.3 Å². The van der Waals surface area contributed by atoms with Gasteiger partial charge in [-0.3, -0.25) is 14.8 Å². The van der Waals surface area contributed by atoms with E-state index in [1.54, 1.807) is 0 Å². The number of ether oxygens (including phenoxy) is 1. The summed E-state index contributed by atoms with van der Waals surface area (Å²) in [5, 5.41) is 26.8. The first kappa shape index (κ1) is 22.0. The quantitative estimate of drug-likeness (QED) is 0.431. The zero-order valence-corrected chi connectivity index (χ0v) is 17.7. The molecular formula is C23H22N4O6. The summed E-state index contributed by atoms with van der Waals surface area (Å²) in [6.07, 6.45) is 0.473.